The van der Waals surface area contributed by atoms with Crippen molar-refractivity contribution in [1.29, 1.82) is 0 Å². The Kier molecular flexibility index (Phi) is 5.66. The van der Waals surface area contributed by atoms with Crippen LogP contribution in [-0.2, 0) is 19.1 Å². The average Bonchev–Trinajstić information content (AvgIpc) is 2.66. The molecule has 0 saturated carbocycles. The summed E-state index contributed by atoms with van der Waals surface area (Å²) in [6.07, 6.45) is 4.49. The van der Waals surface area contributed by atoms with Crippen LogP contribution < -0.4 is 5.32 Å². The van der Waals surface area contributed by atoms with Gasteiger partial charge < -0.3 is 10.1 Å². The molecule has 0 aromatic heterocycles. The van der Waals surface area contributed by atoms with Crippen molar-refractivity contribution >= 4 is 18.2 Å². The highest BCUT2D eigenvalue weighted by Gasteiger charge is 2.27. The number of rotatable bonds is 9. The summed E-state index contributed by atoms with van der Waals surface area (Å²) in [6, 6.07) is 0. The Morgan fingerprint density at radius 2 is 1.71 bits per heavy atom. The van der Waals surface area contributed by atoms with Gasteiger partial charge in [0, 0.05) is 30.8 Å². The summed E-state index contributed by atoms with van der Waals surface area (Å²) in [5.74, 6) is -0.542. The van der Waals surface area contributed by atoms with Crippen LogP contribution in [0, 0.1) is 0 Å². The van der Waals surface area contributed by atoms with E-state index in [-0.39, 0.29) is 17.4 Å². The van der Waals surface area contributed by atoms with Crippen LogP contribution in [0.4, 0.5) is 0 Å². The van der Waals surface area contributed by atoms with Crippen LogP contribution in [0.2, 0.25) is 0 Å². The molecule has 0 spiro atoms. The van der Waals surface area contributed by atoms with E-state index in [2.05, 4.69) is 5.32 Å². The van der Waals surface area contributed by atoms with E-state index in [1.807, 2.05) is 27.7 Å². The number of imide groups is 1. The van der Waals surface area contributed by atoms with Crippen molar-refractivity contribution in [1.82, 2.24) is 10.2 Å². The third-order valence-electron chi connectivity index (χ3n) is 3.51. The average molecular weight is 296 g/mol. The second kappa shape index (κ2) is 6.85. The second-order valence-corrected chi connectivity index (χ2v) is 6.42. The summed E-state index contributed by atoms with van der Waals surface area (Å²) in [4.78, 5) is 34.6. The monoisotopic (exact) mass is 296 g/mol. The molecule has 0 saturated heterocycles. The highest BCUT2D eigenvalue weighted by Crippen LogP contribution is 2.18. The number of hydrogen-bond acceptors (Lipinski definition) is 4. The molecule has 0 atom stereocenters. The molecule has 1 heterocycles. The third kappa shape index (κ3) is 5.67. The van der Waals surface area contributed by atoms with E-state index in [1.165, 1.54) is 17.1 Å². The number of amides is 3. The largest absolute Gasteiger partial charge is 0.375 e. The maximum Gasteiger partial charge on any atom is 0.253 e. The lowest BCUT2D eigenvalue weighted by atomic mass is 10.0. The summed E-state index contributed by atoms with van der Waals surface area (Å²) in [6.45, 7) is 8.52. The molecule has 0 unspecified atom stereocenters. The molecule has 0 aromatic rings. The van der Waals surface area contributed by atoms with Gasteiger partial charge in [0.05, 0.1) is 5.60 Å². The van der Waals surface area contributed by atoms with E-state index in [0.717, 1.165) is 0 Å². The standard InChI is InChI=1S/C15H24N2O4/c1-14(2,16-11-18)8-10-21-15(3,4)7-9-17-12(19)5-6-13(17)20/h5-6,11H,7-10H2,1-4H3,(H,16,18). The molecule has 1 rings (SSSR count). The van der Waals surface area contributed by atoms with Gasteiger partial charge in [0.25, 0.3) is 11.8 Å². The zero-order valence-electron chi connectivity index (χ0n) is 13.1. The van der Waals surface area contributed by atoms with E-state index < -0.39 is 5.60 Å². The van der Waals surface area contributed by atoms with Crippen molar-refractivity contribution in [2.45, 2.75) is 51.7 Å². The van der Waals surface area contributed by atoms with Gasteiger partial charge in [-0.1, -0.05) is 0 Å². The lowest BCUT2D eigenvalue weighted by molar-refractivity contribution is -0.137. The first-order valence-electron chi connectivity index (χ1n) is 7.06. The minimum Gasteiger partial charge on any atom is -0.375 e. The summed E-state index contributed by atoms with van der Waals surface area (Å²) in [5, 5.41) is 2.73. The molecule has 1 aliphatic rings. The highest BCUT2D eigenvalue weighted by molar-refractivity contribution is 6.12. The normalized spacial score (nSPS) is 15.7. The van der Waals surface area contributed by atoms with Crippen molar-refractivity contribution in [2.75, 3.05) is 13.2 Å². The number of carbonyl (C=O) groups excluding carboxylic acids is 3. The zero-order chi connectivity index (χ0) is 16.1. The van der Waals surface area contributed by atoms with Gasteiger partial charge in [-0.3, -0.25) is 19.3 Å². The Bertz CT molecular complexity index is 423. The fourth-order valence-electron chi connectivity index (χ4n) is 1.92. The smallest absolute Gasteiger partial charge is 0.253 e. The molecule has 0 fully saturated rings. The molecule has 0 aliphatic carbocycles. The maximum atomic E-state index is 11.5. The van der Waals surface area contributed by atoms with Crippen LogP contribution >= 0.6 is 0 Å². The van der Waals surface area contributed by atoms with Crippen LogP contribution in [0.1, 0.15) is 40.5 Å². The molecule has 6 heteroatoms. The lowest BCUT2D eigenvalue weighted by Crippen LogP contribution is -2.41. The van der Waals surface area contributed by atoms with E-state index in [9.17, 15) is 14.4 Å². The molecule has 21 heavy (non-hydrogen) atoms. The Balaban J connectivity index is 2.35. The molecular weight excluding hydrogens is 272 g/mol. The molecule has 6 nitrogen and oxygen atoms in total. The number of hydrogen-bond donors (Lipinski definition) is 1. The van der Waals surface area contributed by atoms with E-state index in [0.29, 0.717) is 32.4 Å². The van der Waals surface area contributed by atoms with Crippen LogP contribution in [0.3, 0.4) is 0 Å². The van der Waals surface area contributed by atoms with E-state index in [1.54, 1.807) is 0 Å². The SMILES string of the molecule is CC(C)(CCOC(C)(C)CCN1C(=O)C=CC1=O)NC=O. The van der Waals surface area contributed by atoms with Crippen LogP contribution in [0.25, 0.3) is 0 Å². The minimum atomic E-state index is -0.444. The van der Waals surface area contributed by atoms with Gasteiger partial charge in [0.2, 0.25) is 6.41 Å². The number of nitrogens with zero attached hydrogens (tertiary/aromatic N) is 1. The van der Waals surface area contributed by atoms with Crippen molar-refractivity contribution in [2.24, 2.45) is 0 Å². The predicted molar refractivity (Wildman–Crippen MR) is 78.4 cm³/mol. The van der Waals surface area contributed by atoms with E-state index >= 15 is 0 Å². The third-order valence-corrected chi connectivity index (χ3v) is 3.51. The first-order valence-corrected chi connectivity index (χ1v) is 7.06. The molecular formula is C15H24N2O4. The van der Waals surface area contributed by atoms with Crippen LogP contribution in [-0.4, -0.2) is 47.4 Å². The predicted octanol–water partition coefficient (Wildman–Crippen LogP) is 1.01. The summed E-state index contributed by atoms with van der Waals surface area (Å²) >= 11 is 0. The number of nitrogens with one attached hydrogen (secondary N) is 1. The van der Waals surface area contributed by atoms with Gasteiger partial charge in [-0.05, 0) is 40.5 Å². The van der Waals surface area contributed by atoms with Gasteiger partial charge in [-0.15, -0.1) is 0 Å². The van der Waals surface area contributed by atoms with Gasteiger partial charge in [-0.25, -0.2) is 0 Å². The molecule has 3 amide bonds. The highest BCUT2D eigenvalue weighted by atomic mass is 16.5. The lowest BCUT2D eigenvalue weighted by Gasteiger charge is -2.30. The molecule has 0 bridgehead atoms. The first-order chi connectivity index (χ1) is 9.67. The van der Waals surface area contributed by atoms with Crippen molar-refractivity contribution in [3.05, 3.63) is 12.2 Å². The molecule has 0 aromatic carbocycles. The summed E-state index contributed by atoms with van der Waals surface area (Å²) < 4.78 is 5.82. The second-order valence-electron chi connectivity index (χ2n) is 6.42. The Labute approximate surface area is 125 Å². The van der Waals surface area contributed by atoms with Crippen LogP contribution in [0.15, 0.2) is 12.2 Å². The quantitative estimate of drug-likeness (QED) is 0.509. The topological polar surface area (TPSA) is 75.7 Å². The van der Waals surface area contributed by atoms with Gasteiger partial charge in [0.1, 0.15) is 0 Å². The molecule has 1 N–H and O–H groups in total. The van der Waals surface area contributed by atoms with Crippen molar-refractivity contribution < 1.29 is 19.1 Å². The number of ether oxygens (including phenoxy) is 1. The minimum absolute atomic E-state index is 0.271. The Morgan fingerprint density at radius 3 is 2.24 bits per heavy atom. The Morgan fingerprint density at radius 1 is 1.14 bits per heavy atom. The van der Waals surface area contributed by atoms with Crippen LogP contribution in [0.5, 0.6) is 0 Å². The van der Waals surface area contributed by atoms with Crippen molar-refractivity contribution in [3.8, 4) is 0 Å². The maximum absolute atomic E-state index is 11.5. The molecule has 118 valence electrons. The zero-order valence-corrected chi connectivity index (χ0v) is 13.1. The Hall–Kier alpha value is -1.69. The first kappa shape index (κ1) is 17.4. The van der Waals surface area contributed by atoms with Gasteiger partial charge in [0.15, 0.2) is 0 Å². The number of carbonyl (C=O) groups is 3. The van der Waals surface area contributed by atoms with Gasteiger partial charge >= 0.3 is 0 Å². The van der Waals surface area contributed by atoms with Gasteiger partial charge in [-0.2, -0.15) is 0 Å². The summed E-state index contributed by atoms with van der Waals surface area (Å²) in [5.41, 5.74) is -0.761. The van der Waals surface area contributed by atoms with Crippen molar-refractivity contribution in [3.63, 3.8) is 0 Å². The summed E-state index contributed by atoms with van der Waals surface area (Å²) in [7, 11) is 0. The fraction of sp³-hybridized carbons (Fsp3) is 0.667. The van der Waals surface area contributed by atoms with E-state index in [4.69, 9.17) is 4.74 Å². The molecule has 0 radical (unpaired) electrons. The fourth-order valence-corrected chi connectivity index (χ4v) is 1.92. The molecule has 1 aliphatic heterocycles.